The van der Waals surface area contributed by atoms with Crippen LogP contribution >= 0.6 is 0 Å². The van der Waals surface area contributed by atoms with Gasteiger partial charge in [0.15, 0.2) is 0 Å². The number of nitrogens with one attached hydrogen (secondary N) is 2. The van der Waals surface area contributed by atoms with Crippen molar-refractivity contribution in [3.05, 3.63) is 54.6 Å². The Labute approximate surface area is 160 Å². The van der Waals surface area contributed by atoms with E-state index >= 15 is 0 Å². The summed E-state index contributed by atoms with van der Waals surface area (Å²) in [6, 6.07) is 14.9. The quantitative estimate of drug-likeness (QED) is 0.732. The predicted octanol–water partition coefficient (Wildman–Crippen LogP) is 3.33. The maximum Gasteiger partial charge on any atom is 0.261 e. The zero-order valence-electron chi connectivity index (χ0n) is 15.3. The summed E-state index contributed by atoms with van der Waals surface area (Å²) >= 11 is 0. The van der Waals surface area contributed by atoms with Crippen LogP contribution in [0.25, 0.3) is 0 Å². The van der Waals surface area contributed by atoms with E-state index in [2.05, 4.69) is 10.0 Å². The molecule has 0 saturated heterocycles. The molecule has 1 aliphatic carbocycles. The van der Waals surface area contributed by atoms with Gasteiger partial charge in [-0.1, -0.05) is 37.1 Å². The van der Waals surface area contributed by atoms with E-state index in [0.717, 1.165) is 25.7 Å². The van der Waals surface area contributed by atoms with Crippen molar-refractivity contribution in [2.45, 2.75) is 43.0 Å². The lowest BCUT2D eigenvalue weighted by atomic mass is 9.74. The lowest BCUT2D eigenvalue weighted by Crippen LogP contribution is -2.51. The fourth-order valence-corrected chi connectivity index (χ4v) is 4.58. The van der Waals surface area contributed by atoms with Crippen molar-refractivity contribution in [2.75, 3.05) is 10.0 Å². The summed E-state index contributed by atoms with van der Waals surface area (Å²) in [7, 11) is -3.75. The number of amides is 1. The Hall–Kier alpha value is -2.38. The van der Waals surface area contributed by atoms with Crippen LogP contribution in [0.4, 0.5) is 11.4 Å². The van der Waals surface area contributed by atoms with Crippen LogP contribution in [0.15, 0.2) is 59.5 Å². The summed E-state index contributed by atoms with van der Waals surface area (Å²) in [4.78, 5) is 12.8. The van der Waals surface area contributed by atoms with Gasteiger partial charge in [0, 0.05) is 16.9 Å². The van der Waals surface area contributed by atoms with E-state index in [-0.39, 0.29) is 16.7 Å². The molecule has 144 valence electrons. The smallest absolute Gasteiger partial charge is 0.261 e. The molecule has 2 unspecified atom stereocenters. The minimum absolute atomic E-state index is 0.0864. The topological polar surface area (TPSA) is 101 Å². The van der Waals surface area contributed by atoms with Crippen molar-refractivity contribution < 1.29 is 13.2 Å². The standard InChI is InChI=1S/C20H25N3O3S/c1-20(21)13-6-5-12-18(20)19(24)22-16-10-7-11-17(14-16)27(25,26)23-15-8-3-2-4-9-15/h2-4,7-11,14,18,23H,5-6,12-13,21H2,1H3,(H,22,24). The van der Waals surface area contributed by atoms with Crippen LogP contribution < -0.4 is 15.8 Å². The third kappa shape index (κ3) is 4.67. The van der Waals surface area contributed by atoms with Crippen molar-refractivity contribution in [3.63, 3.8) is 0 Å². The van der Waals surface area contributed by atoms with Gasteiger partial charge in [0.2, 0.25) is 5.91 Å². The lowest BCUT2D eigenvalue weighted by Gasteiger charge is -2.37. The highest BCUT2D eigenvalue weighted by Gasteiger charge is 2.37. The van der Waals surface area contributed by atoms with Gasteiger partial charge in [0.05, 0.1) is 10.8 Å². The second-order valence-electron chi connectivity index (χ2n) is 7.29. The van der Waals surface area contributed by atoms with Gasteiger partial charge in [-0.25, -0.2) is 8.42 Å². The Morgan fingerprint density at radius 2 is 1.78 bits per heavy atom. The van der Waals surface area contributed by atoms with Gasteiger partial charge in [-0.2, -0.15) is 0 Å². The number of rotatable bonds is 5. The maximum atomic E-state index is 12.7. The molecule has 1 fully saturated rings. The number of nitrogens with two attached hydrogens (primary N) is 1. The first-order chi connectivity index (χ1) is 12.8. The molecule has 0 bridgehead atoms. The lowest BCUT2D eigenvalue weighted by molar-refractivity contribution is -0.122. The molecule has 0 radical (unpaired) electrons. The van der Waals surface area contributed by atoms with E-state index < -0.39 is 15.6 Å². The van der Waals surface area contributed by atoms with Gasteiger partial charge in [0.25, 0.3) is 10.0 Å². The minimum atomic E-state index is -3.75. The largest absolute Gasteiger partial charge is 0.326 e. The molecule has 2 aromatic rings. The Kier molecular flexibility index (Phi) is 5.53. The molecule has 27 heavy (non-hydrogen) atoms. The number of para-hydroxylation sites is 1. The number of hydrogen-bond acceptors (Lipinski definition) is 4. The van der Waals surface area contributed by atoms with E-state index in [9.17, 15) is 13.2 Å². The van der Waals surface area contributed by atoms with Crippen molar-refractivity contribution in [1.82, 2.24) is 0 Å². The molecular weight excluding hydrogens is 362 g/mol. The van der Waals surface area contributed by atoms with E-state index in [1.807, 2.05) is 13.0 Å². The molecule has 7 heteroatoms. The SMILES string of the molecule is CC1(N)CCCCC1C(=O)Nc1cccc(S(=O)(=O)Nc2ccccc2)c1. The van der Waals surface area contributed by atoms with Gasteiger partial charge < -0.3 is 11.1 Å². The molecule has 2 atom stereocenters. The van der Waals surface area contributed by atoms with E-state index in [0.29, 0.717) is 11.4 Å². The summed E-state index contributed by atoms with van der Waals surface area (Å²) in [6.07, 6.45) is 3.54. The molecule has 0 aliphatic heterocycles. The molecule has 6 nitrogen and oxygen atoms in total. The van der Waals surface area contributed by atoms with Crippen LogP contribution in [0.2, 0.25) is 0 Å². The third-order valence-corrected chi connectivity index (χ3v) is 6.39. The number of carbonyl (C=O) groups is 1. The summed E-state index contributed by atoms with van der Waals surface area (Å²) in [5.74, 6) is -0.445. The Morgan fingerprint density at radius 1 is 1.07 bits per heavy atom. The van der Waals surface area contributed by atoms with E-state index in [1.54, 1.807) is 36.4 Å². The second kappa shape index (κ2) is 7.70. The zero-order valence-corrected chi connectivity index (χ0v) is 16.1. The number of benzene rings is 2. The predicted molar refractivity (Wildman–Crippen MR) is 107 cm³/mol. The minimum Gasteiger partial charge on any atom is -0.326 e. The molecule has 0 heterocycles. The molecule has 1 aliphatic rings. The van der Waals surface area contributed by atoms with Crippen molar-refractivity contribution in [2.24, 2.45) is 11.7 Å². The number of hydrogen-bond donors (Lipinski definition) is 3. The fourth-order valence-electron chi connectivity index (χ4n) is 3.48. The highest BCUT2D eigenvalue weighted by Crippen LogP contribution is 2.32. The van der Waals surface area contributed by atoms with Gasteiger partial charge in [-0.05, 0) is 50.1 Å². The third-order valence-electron chi connectivity index (χ3n) is 5.01. The summed E-state index contributed by atoms with van der Waals surface area (Å²) in [6.45, 7) is 1.90. The molecule has 0 spiro atoms. The normalized spacial score (nSPS) is 22.8. The molecule has 1 saturated carbocycles. The van der Waals surface area contributed by atoms with Gasteiger partial charge in [-0.15, -0.1) is 0 Å². The van der Waals surface area contributed by atoms with Crippen LogP contribution in [0.1, 0.15) is 32.6 Å². The Balaban J connectivity index is 1.76. The Bertz CT molecular complexity index is 911. The molecule has 2 aromatic carbocycles. The van der Waals surface area contributed by atoms with Crippen molar-refractivity contribution in [3.8, 4) is 0 Å². The number of anilines is 2. The highest BCUT2D eigenvalue weighted by molar-refractivity contribution is 7.92. The van der Waals surface area contributed by atoms with Crippen LogP contribution in [0.5, 0.6) is 0 Å². The second-order valence-corrected chi connectivity index (χ2v) is 8.98. The van der Waals surface area contributed by atoms with E-state index in [1.165, 1.54) is 12.1 Å². The molecule has 0 aromatic heterocycles. The first kappa shape index (κ1) is 19.4. The van der Waals surface area contributed by atoms with Gasteiger partial charge in [0.1, 0.15) is 0 Å². The molecule has 1 amide bonds. The van der Waals surface area contributed by atoms with Gasteiger partial charge >= 0.3 is 0 Å². The summed E-state index contributed by atoms with van der Waals surface area (Å²) in [5, 5.41) is 2.83. The van der Waals surface area contributed by atoms with Crippen LogP contribution in [-0.4, -0.2) is 19.9 Å². The fraction of sp³-hybridized carbons (Fsp3) is 0.350. The average Bonchev–Trinajstić information content (AvgIpc) is 2.62. The first-order valence-corrected chi connectivity index (χ1v) is 10.5. The number of carbonyl (C=O) groups excluding carboxylic acids is 1. The van der Waals surface area contributed by atoms with Crippen LogP contribution in [0.3, 0.4) is 0 Å². The Morgan fingerprint density at radius 3 is 2.48 bits per heavy atom. The average molecular weight is 388 g/mol. The number of sulfonamides is 1. The van der Waals surface area contributed by atoms with Crippen molar-refractivity contribution in [1.29, 1.82) is 0 Å². The first-order valence-electron chi connectivity index (χ1n) is 9.06. The molecule has 4 N–H and O–H groups in total. The summed E-state index contributed by atoms with van der Waals surface area (Å²) < 4.78 is 27.7. The zero-order chi connectivity index (χ0) is 19.5. The highest BCUT2D eigenvalue weighted by atomic mass is 32.2. The maximum absolute atomic E-state index is 12.7. The monoisotopic (exact) mass is 387 g/mol. The van der Waals surface area contributed by atoms with E-state index in [4.69, 9.17) is 5.73 Å². The van der Waals surface area contributed by atoms with Crippen LogP contribution in [0, 0.1) is 5.92 Å². The van der Waals surface area contributed by atoms with Crippen molar-refractivity contribution >= 4 is 27.3 Å². The summed E-state index contributed by atoms with van der Waals surface area (Å²) in [5.41, 5.74) is 6.68. The molecular formula is C20H25N3O3S. The van der Waals surface area contributed by atoms with Crippen LogP contribution in [-0.2, 0) is 14.8 Å². The molecule has 3 rings (SSSR count). The van der Waals surface area contributed by atoms with Gasteiger partial charge in [-0.3, -0.25) is 9.52 Å².